The Morgan fingerprint density at radius 2 is 2.00 bits per heavy atom. The minimum absolute atomic E-state index is 0.119. The van der Waals surface area contributed by atoms with Crippen LogP contribution in [0.4, 0.5) is 5.69 Å². The van der Waals surface area contributed by atoms with Crippen LogP contribution >= 0.6 is 0 Å². The van der Waals surface area contributed by atoms with Crippen molar-refractivity contribution in [3.05, 3.63) is 53.5 Å². The number of hydrogen-bond acceptors (Lipinski definition) is 4. The van der Waals surface area contributed by atoms with Crippen molar-refractivity contribution in [2.24, 2.45) is 0 Å². The van der Waals surface area contributed by atoms with Crippen LogP contribution < -0.4 is 5.32 Å². The number of anilines is 1. The number of benzene rings is 1. The lowest BCUT2D eigenvalue weighted by Crippen LogP contribution is -2.35. The van der Waals surface area contributed by atoms with Crippen molar-refractivity contribution in [3.8, 4) is 0 Å². The normalized spacial score (nSPS) is 16.8. The van der Waals surface area contributed by atoms with Gasteiger partial charge in [0.1, 0.15) is 5.76 Å². The van der Waals surface area contributed by atoms with Gasteiger partial charge in [-0.2, -0.15) is 0 Å². The summed E-state index contributed by atoms with van der Waals surface area (Å²) < 4.78 is 5.49. The number of likely N-dealkylation sites (tertiary alicyclic amines) is 1. The lowest BCUT2D eigenvalue weighted by Gasteiger charge is -2.30. The van der Waals surface area contributed by atoms with E-state index in [2.05, 4.69) is 41.4 Å². The second-order valence-electron chi connectivity index (χ2n) is 6.04. The largest absolute Gasteiger partial charge is 0.467 e. The van der Waals surface area contributed by atoms with Crippen molar-refractivity contribution in [1.29, 1.82) is 0 Å². The predicted octanol–water partition coefficient (Wildman–Crippen LogP) is 3.16. The van der Waals surface area contributed by atoms with Gasteiger partial charge < -0.3 is 14.8 Å². The maximum Gasteiger partial charge on any atom is 0.125 e. The van der Waals surface area contributed by atoms with Gasteiger partial charge in [0.15, 0.2) is 0 Å². The molecule has 2 N–H and O–H groups in total. The third-order valence-corrected chi connectivity index (χ3v) is 4.38. The summed E-state index contributed by atoms with van der Waals surface area (Å²) in [5, 5.41) is 13.1. The van der Waals surface area contributed by atoms with Gasteiger partial charge in [-0.05, 0) is 43.0 Å². The maximum atomic E-state index is 9.61. The monoisotopic (exact) mass is 300 g/mol. The molecular weight excluding hydrogens is 276 g/mol. The minimum Gasteiger partial charge on any atom is -0.467 e. The quantitative estimate of drug-likeness (QED) is 0.890. The molecule has 1 aromatic heterocycles. The van der Waals surface area contributed by atoms with Crippen molar-refractivity contribution in [1.82, 2.24) is 4.90 Å². The first-order valence-corrected chi connectivity index (χ1v) is 7.97. The van der Waals surface area contributed by atoms with E-state index in [0.717, 1.165) is 43.9 Å². The zero-order chi connectivity index (χ0) is 15.4. The summed E-state index contributed by atoms with van der Waals surface area (Å²) >= 11 is 0. The van der Waals surface area contributed by atoms with E-state index in [4.69, 9.17) is 4.42 Å². The Morgan fingerprint density at radius 3 is 2.73 bits per heavy atom. The van der Waals surface area contributed by atoms with E-state index < -0.39 is 0 Å². The molecule has 1 aromatic carbocycles. The van der Waals surface area contributed by atoms with Gasteiger partial charge in [0, 0.05) is 25.3 Å². The molecule has 0 spiro atoms. The molecule has 1 aliphatic heterocycles. The van der Waals surface area contributed by atoms with Crippen molar-refractivity contribution < 1.29 is 9.52 Å². The molecule has 4 heteroatoms. The molecule has 1 saturated heterocycles. The highest BCUT2D eigenvalue weighted by molar-refractivity contribution is 5.51. The van der Waals surface area contributed by atoms with Gasteiger partial charge in [0.05, 0.1) is 18.9 Å². The molecule has 118 valence electrons. The van der Waals surface area contributed by atoms with Gasteiger partial charge in [0.2, 0.25) is 0 Å². The zero-order valence-corrected chi connectivity index (χ0v) is 13.1. The summed E-state index contributed by atoms with van der Waals surface area (Å²) in [6.07, 6.45) is 3.37. The summed E-state index contributed by atoms with van der Waals surface area (Å²) in [7, 11) is 0. The first-order valence-electron chi connectivity index (χ1n) is 7.97. The number of aliphatic hydroxyl groups excluding tert-OH is 1. The summed E-state index contributed by atoms with van der Waals surface area (Å²) in [5.41, 5.74) is 3.63. The number of aliphatic hydroxyl groups is 1. The molecule has 3 rings (SSSR count). The van der Waals surface area contributed by atoms with Crippen LogP contribution in [0.15, 0.2) is 41.0 Å². The highest BCUT2D eigenvalue weighted by atomic mass is 16.3. The highest BCUT2D eigenvalue weighted by Gasteiger charge is 2.17. The van der Waals surface area contributed by atoms with Crippen molar-refractivity contribution in [2.75, 3.05) is 18.4 Å². The van der Waals surface area contributed by atoms with Crippen molar-refractivity contribution in [2.45, 2.75) is 39.0 Å². The average molecular weight is 300 g/mol. The Hall–Kier alpha value is -1.78. The molecule has 22 heavy (non-hydrogen) atoms. The fourth-order valence-electron chi connectivity index (χ4n) is 2.91. The second kappa shape index (κ2) is 6.99. The zero-order valence-electron chi connectivity index (χ0n) is 13.1. The Labute approximate surface area is 131 Å². The fraction of sp³-hybridized carbons (Fsp3) is 0.444. The minimum atomic E-state index is -0.119. The molecule has 1 aliphatic rings. The number of hydrogen-bond donors (Lipinski definition) is 2. The molecule has 0 bridgehead atoms. The van der Waals surface area contributed by atoms with Crippen LogP contribution in [0.1, 0.15) is 29.7 Å². The second-order valence-corrected chi connectivity index (χ2v) is 6.04. The van der Waals surface area contributed by atoms with Gasteiger partial charge in [-0.3, -0.25) is 4.90 Å². The summed E-state index contributed by atoms with van der Waals surface area (Å²) in [6, 6.07) is 10.4. The van der Waals surface area contributed by atoms with E-state index in [1.807, 2.05) is 6.07 Å². The van der Waals surface area contributed by atoms with Crippen LogP contribution in [0.3, 0.4) is 0 Å². The molecule has 0 aliphatic carbocycles. The average Bonchev–Trinajstić information content (AvgIpc) is 2.94. The van der Waals surface area contributed by atoms with Crippen LogP contribution in [-0.4, -0.2) is 29.2 Å². The molecule has 0 radical (unpaired) electrons. The smallest absolute Gasteiger partial charge is 0.125 e. The van der Waals surface area contributed by atoms with Crippen LogP contribution in [0.2, 0.25) is 0 Å². The molecule has 2 heterocycles. The SMILES string of the molecule is Cc1ccoc1CNc1ccccc1CN1CCC(O)CC1. The van der Waals surface area contributed by atoms with Gasteiger partial charge in [0.25, 0.3) is 0 Å². The molecule has 0 unspecified atom stereocenters. The van der Waals surface area contributed by atoms with Crippen molar-refractivity contribution in [3.63, 3.8) is 0 Å². The Kier molecular flexibility index (Phi) is 4.80. The standard InChI is InChI=1S/C18H24N2O2/c1-14-8-11-22-18(14)12-19-17-5-3-2-4-15(17)13-20-9-6-16(21)7-10-20/h2-5,8,11,16,19,21H,6-7,9-10,12-13H2,1H3. The van der Waals surface area contributed by atoms with Gasteiger partial charge in [-0.1, -0.05) is 18.2 Å². The third kappa shape index (κ3) is 3.70. The molecule has 2 aromatic rings. The number of piperidine rings is 1. The van der Waals surface area contributed by atoms with Crippen LogP contribution in [0.5, 0.6) is 0 Å². The van der Waals surface area contributed by atoms with Crippen LogP contribution in [0.25, 0.3) is 0 Å². The van der Waals surface area contributed by atoms with Crippen LogP contribution in [-0.2, 0) is 13.1 Å². The van der Waals surface area contributed by atoms with Gasteiger partial charge in [-0.15, -0.1) is 0 Å². The lowest BCUT2D eigenvalue weighted by molar-refractivity contribution is 0.0793. The summed E-state index contributed by atoms with van der Waals surface area (Å²) in [6.45, 7) is 5.62. The van der Waals surface area contributed by atoms with Crippen LogP contribution in [0, 0.1) is 6.92 Å². The van der Waals surface area contributed by atoms with Gasteiger partial charge in [-0.25, -0.2) is 0 Å². The summed E-state index contributed by atoms with van der Waals surface area (Å²) in [5.74, 6) is 0.982. The van der Waals surface area contributed by atoms with E-state index in [-0.39, 0.29) is 6.10 Å². The third-order valence-electron chi connectivity index (χ3n) is 4.38. The van der Waals surface area contributed by atoms with E-state index in [9.17, 15) is 5.11 Å². The Balaban J connectivity index is 1.63. The van der Waals surface area contributed by atoms with E-state index in [1.54, 1.807) is 6.26 Å². The van der Waals surface area contributed by atoms with Gasteiger partial charge >= 0.3 is 0 Å². The Bertz CT molecular complexity index is 601. The highest BCUT2D eigenvalue weighted by Crippen LogP contribution is 2.21. The molecule has 0 amide bonds. The number of para-hydroxylation sites is 1. The first-order chi connectivity index (χ1) is 10.7. The lowest BCUT2D eigenvalue weighted by atomic mass is 10.1. The topological polar surface area (TPSA) is 48.6 Å². The van der Waals surface area contributed by atoms with E-state index >= 15 is 0 Å². The fourth-order valence-corrected chi connectivity index (χ4v) is 2.91. The number of nitrogens with zero attached hydrogens (tertiary/aromatic N) is 1. The van der Waals surface area contributed by atoms with Crippen molar-refractivity contribution >= 4 is 5.69 Å². The molecular formula is C18H24N2O2. The number of nitrogens with one attached hydrogen (secondary N) is 1. The molecule has 1 fully saturated rings. The number of aryl methyl sites for hydroxylation is 1. The molecule has 0 atom stereocenters. The Morgan fingerprint density at radius 1 is 1.23 bits per heavy atom. The molecule has 0 saturated carbocycles. The maximum absolute atomic E-state index is 9.61. The van der Waals surface area contributed by atoms with E-state index in [0.29, 0.717) is 6.54 Å². The number of furan rings is 1. The van der Waals surface area contributed by atoms with E-state index in [1.165, 1.54) is 11.1 Å². The number of rotatable bonds is 5. The molecule has 4 nitrogen and oxygen atoms in total. The predicted molar refractivity (Wildman–Crippen MR) is 87.7 cm³/mol. The summed E-state index contributed by atoms with van der Waals surface area (Å²) in [4.78, 5) is 2.41. The first kappa shape index (κ1) is 15.1.